The summed E-state index contributed by atoms with van der Waals surface area (Å²) in [5, 5.41) is 2.77. The van der Waals surface area contributed by atoms with E-state index in [-0.39, 0.29) is 30.8 Å². The SMILES string of the molecule is CC(C)NC(=O)CN(C)CC(=O)c1ccco1. The summed E-state index contributed by atoms with van der Waals surface area (Å²) in [6.45, 7) is 4.15. The molecule has 0 radical (unpaired) electrons. The zero-order chi connectivity index (χ0) is 12.8. The number of hydrogen-bond acceptors (Lipinski definition) is 4. The highest BCUT2D eigenvalue weighted by molar-refractivity contribution is 5.95. The zero-order valence-electron chi connectivity index (χ0n) is 10.4. The highest BCUT2D eigenvalue weighted by atomic mass is 16.3. The molecular formula is C12H18N2O3. The first-order valence-corrected chi connectivity index (χ1v) is 5.53. The molecule has 0 aliphatic carbocycles. The molecule has 0 aliphatic rings. The van der Waals surface area contributed by atoms with Crippen LogP contribution in [0.4, 0.5) is 0 Å². The molecule has 0 atom stereocenters. The number of carbonyl (C=O) groups excluding carboxylic acids is 2. The van der Waals surface area contributed by atoms with Crippen molar-refractivity contribution in [1.29, 1.82) is 0 Å². The molecule has 1 N–H and O–H groups in total. The van der Waals surface area contributed by atoms with Crippen LogP contribution in [-0.2, 0) is 4.79 Å². The molecule has 0 aromatic carbocycles. The second-order valence-corrected chi connectivity index (χ2v) is 4.29. The van der Waals surface area contributed by atoms with E-state index in [1.807, 2.05) is 13.8 Å². The van der Waals surface area contributed by atoms with E-state index in [9.17, 15) is 9.59 Å². The largest absolute Gasteiger partial charge is 0.461 e. The van der Waals surface area contributed by atoms with Crippen molar-refractivity contribution in [3.05, 3.63) is 24.2 Å². The number of ketones is 1. The highest BCUT2D eigenvalue weighted by Gasteiger charge is 2.14. The van der Waals surface area contributed by atoms with Crippen LogP contribution in [0.25, 0.3) is 0 Å². The van der Waals surface area contributed by atoms with Gasteiger partial charge in [0.25, 0.3) is 0 Å². The van der Waals surface area contributed by atoms with Gasteiger partial charge in [0.15, 0.2) is 5.76 Å². The number of nitrogens with zero attached hydrogens (tertiary/aromatic N) is 1. The average Bonchev–Trinajstić information content (AvgIpc) is 2.67. The van der Waals surface area contributed by atoms with Crippen LogP contribution in [0.2, 0.25) is 0 Å². The maximum Gasteiger partial charge on any atom is 0.234 e. The number of carbonyl (C=O) groups is 2. The van der Waals surface area contributed by atoms with Crippen molar-refractivity contribution in [2.75, 3.05) is 20.1 Å². The maximum atomic E-state index is 11.7. The summed E-state index contributed by atoms with van der Waals surface area (Å²) in [4.78, 5) is 24.8. The van der Waals surface area contributed by atoms with E-state index in [2.05, 4.69) is 5.32 Å². The van der Waals surface area contributed by atoms with Gasteiger partial charge in [-0.25, -0.2) is 0 Å². The molecule has 0 fully saturated rings. The van der Waals surface area contributed by atoms with Crippen molar-refractivity contribution < 1.29 is 14.0 Å². The Morgan fingerprint density at radius 2 is 2.12 bits per heavy atom. The van der Waals surface area contributed by atoms with E-state index in [4.69, 9.17) is 4.42 Å². The minimum atomic E-state index is -0.130. The number of hydrogen-bond donors (Lipinski definition) is 1. The lowest BCUT2D eigenvalue weighted by Gasteiger charge is -2.16. The summed E-state index contributed by atoms with van der Waals surface area (Å²) in [5.74, 6) is 0.103. The second-order valence-electron chi connectivity index (χ2n) is 4.29. The van der Waals surface area contributed by atoms with Gasteiger partial charge >= 0.3 is 0 Å². The van der Waals surface area contributed by atoms with Gasteiger partial charge < -0.3 is 9.73 Å². The molecule has 17 heavy (non-hydrogen) atoms. The molecule has 1 amide bonds. The Labute approximate surface area is 101 Å². The molecule has 5 nitrogen and oxygen atoms in total. The molecule has 5 heteroatoms. The van der Waals surface area contributed by atoms with E-state index >= 15 is 0 Å². The molecule has 0 saturated heterocycles. The van der Waals surface area contributed by atoms with Crippen LogP contribution in [0.5, 0.6) is 0 Å². The predicted octanol–water partition coefficient (Wildman–Crippen LogP) is 0.919. The Balaban J connectivity index is 2.37. The van der Waals surface area contributed by atoms with Gasteiger partial charge in [-0.15, -0.1) is 0 Å². The fourth-order valence-electron chi connectivity index (χ4n) is 1.43. The lowest BCUT2D eigenvalue weighted by atomic mass is 10.3. The first-order chi connectivity index (χ1) is 7.99. The van der Waals surface area contributed by atoms with Gasteiger partial charge in [-0.1, -0.05) is 0 Å². The van der Waals surface area contributed by atoms with E-state index in [1.165, 1.54) is 6.26 Å². The third-order valence-corrected chi connectivity index (χ3v) is 2.07. The predicted molar refractivity (Wildman–Crippen MR) is 63.8 cm³/mol. The highest BCUT2D eigenvalue weighted by Crippen LogP contribution is 2.02. The molecule has 0 unspecified atom stereocenters. The van der Waals surface area contributed by atoms with Gasteiger partial charge in [0.05, 0.1) is 19.4 Å². The van der Waals surface area contributed by atoms with Crippen molar-refractivity contribution in [3.63, 3.8) is 0 Å². The van der Waals surface area contributed by atoms with Crippen molar-refractivity contribution in [1.82, 2.24) is 10.2 Å². The van der Waals surface area contributed by atoms with Gasteiger partial charge in [0.2, 0.25) is 11.7 Å². The molecule has 0 spiro atoms. The summed E-state index contributed by atoms with van der Waals surface area (Å²) >= 11 is 0. The second kappa shape index (κ2) is 6.20. The smallest absolute Gasteiger partial charge is 0.234 e. The van der Waals surface area contributed by atoms with E-state index in [0.717, 1.165) is 0 Å². The molecule has 1 aromatic rings. The minimum Gasteiger partial charge on any atom is -0.461 e. The molecule has 0 saturated carbocycles. The number of furan rings is 1. The van der Waals surface area contributed by atoms with Gasteiger partial charge in [0, 0.05) is 6.04 Å². The lowest BCUT2D eigenvalue weighted by Crippen LogP contribution is -2.40. The van der Waals surface area contributed by atoms with Gasteiger partial charge in [-0.2, -0.15) is 0 Å². The summed E-state index contributed by atoms with van der Waals surface area (Å²) < 4.78 is 4.99. The molecule has 1 rings (SSSR count). The monoisotopic (exact) mass is 238 g/mol. The summed E-state index contributed by atoms with van der Waals surface area (Å²) in [6, 6.07) is 3.39. The van der Waals surface area contributed by atoms with Crippen LogP contribution in [0.1, 0.15) is 24.4 Å². The average molecular weight is 238 g/mol. The Bertz CT molecular complexity index is 371. The van der Waals surface area contributed by atoms with Crippen LogP contribution in [0, 0.1) is 0 Å². The van der Waals surface area contributed by atoms with Crippen molar-refractivity contribution in [2.45, 2.75) is 19.9 Å². The fraction of sp³-hybridized carbons (Fsp3) is 0.500. The Morgan fingerprint density at radius 1 is 1.41 bits per heavy atom. The lowest BCUT2D eigenvalue weighted by molar-refractivity contribution is -0.122. The van der Waals surface area contributed by atoms with Gasteiger partial charge in [0.1, 0.15) is 0 Å². The van der Waals surface area contributed by atoms with Crippen LogP contribution in [0.3, 0.4) is 0 Å². The first-order valence-electron chi connectivity index (χ1n) is 5.53. The van der Waals surface area contributed by atoms with E-state index in [1.54, 1.807) is 24.1 Å². The Kier molecular flexibility index (Phi) is 4.90. The van der Waals surface area contributed by atoms with E-state index < -0.39 is 0 Å². The molecule has 0 aliphatic heterocycles. The molecule has 1 aromatic heterocycles. The van der Waals surface area contributed by atoms with Crippen molar-refractivity contribution in [3.8, 4) is 0 Å². The van der Waals surface area contributed by atoms with Crippen molar-refractivity contribution >= 4 is 11.7 Å². The maximum absolute atomic E-state index is 11.7. The zero-order valence-corrected chi connectivity index (χ0v) is 10.4. The molecule has 1 heterocycles. The normalized spacial score (nSPS) is 10.9. The number of Topliss-reactive ketones (excluding diaryl/α,β-unsaturated/α-hetero) is 1. The number of amides is 1. The number of rotatable bonds is 6. The summed E-state index contributed by atoms with van der Waals surface area (Å²) in [7, 11) is 1.72. The van der Waals surface area contributed by atoms with Crippen LogP contribution < -0.4 is 5.32 Å². The topological polar surface area (TPSA) is 62.6 Å². The standard InChI is InChI=1S/C12H18N2O3/c1-9(2)13-12(16)8-14(3)7-10(15)11-5-4-6-17-11/h4-6,9H,7-8H2,1-3H3,(H,13,16). The minimum absolute atomic E-state index is 0.0882. The Morgan fingerprint density at radius 3 is 2.65 bits per heavy atom. The molecule has 0 bridgehead atoms. The summed E-state index contributed by atoms with van der Waals surface area (Å²) in [6.07, 6.45) is 1.46. The van der Waals surface area contributed by atoms with Gasteiger partial charge in [-0.05, 0) is 33.0 Å². The number of likely N-dealkylation sites (N-methyl/N-ethyl adjacent to an activating group) is 1. The first kappa shape index (κ1) is 13.4. The Hall–Kier alpha value is -1.62. The molecule has 94 valence electrons. The van der Waals surface area contributed by atoms with Gasteiger partial charge in [-0.3, -0.25) is 14.5 Å². The quantitative estimate of drug-likeness (QED) is 0.748. The third-order valence-electron chi connectivity index (χ3n) is 2.07. The number of nitrogens with one attached hydrogen (secondary N) is 1. The van der Waals surface area contributed by atoms with Crippen molar-refractivity contribution in [2.24, 2.45) is 0 Å². The van der Waals surface area contributed by atoms with Crippen LogP contribution in [0.15, 0.2) is 22.8 Å². The van der Waals surface area contributed by atoms with Crippen LogP contribution in [-0.4, -0.2) is 42.8 Å². The van der Waals surface area contributed by atoms with Crippen LogP contribution >= 0.6 is 0 Å². The third kappa shape index (κ3) is 4.82. The summed E-state index contributed by atoms with van der Waals surface area (Å²) in [5.41, 5.74) is 0. The fourth-order valence-corrected chi connectivity index (χ4v) is 1.43. The van der Waals surface area contributed by atoms with E-state index in [0.29, 0.717) is 5.76 Å². The molecular weight excluding hydrogens is 220 g/mol.